The maximum absolute atomic E-state index is 10.8. The normalized spacial score (nSPS) is 10.2. The molecule has 0 atom stereocenters. The predicted molar refractivity (Wildman–Crippen MR) is 63.4 cm³/mol. The van der Waals surface area contributed by atoms with Gasteiger partial charge in [0.1, 0.15) is 0 Å². The van der Waals surface area contributed by atoms with Crippen LogP contribution >= 0.6 is 0 Å². The van der Waals surface area contributed by atoms with Crippen LogP contribution in [0.5, 0.6) is 6.01 Å². The standard InChI is InChI=1S/C12H18N2O3/c1-3-4-5-6-7-17-12-13-9(2)8-10(14-12)11(15)16/h8H,3-7H2,1-2H3,(H,15,16). The van der Waals surface area contributed by atoms with Gasteiger partial charge in [-0.2, -0.15) is 4.98 Å². The van der Waals surface area contributed by atoms with Crippen molar-refractivity contribution in [2.24, 2.45) is 0 Å². The zero-order valence-corrected chi connectivity index (χ0v) is 10.3. The molecule has 1 aromatic rings. The molecule has 0 fully saturated rings. The van der Waals surface area contributed by atoms with Crippen LogP contribution in [0.15, 0.2) is 6.07 Å². The minimum Gasteiger partial charge on any atom is -0.477 e. The molecule has 17 heavy (non-hydrogen) atoms. The molecule has 0 saturated carbocycles. The van der Waals surface area contributed by atoms with E-state index in [0.717, 1.165) is 12.8 Å². The summed E-state index contributed by atoms with van der Waals surface area (Å²) < 4.78 is 5.34. The molecule has 0 aliphatic heterocycles. The molecular formula is C12H18N2O3. The number of aromatic nitrogens is 2. The van der Waals surface area contributed by atoms with E-state index in [1.807, 2.05) is 0 Å². The van der Waals surface area contributed by atoms with Crippen molar-refractivity contribution >= 4 is 5.97 Å². The molecule has 0 spiro atoms. The molecule has 0 aliphatic rings. The van der Waals surface area contributed by atoms with Gasteiger partial charge in [0.2, 0.25) is 0 Å². The van der Waals surface area contributed by atoms with E-state index in [9.17, 15) is 4.79 Å². The van der Waals surface area contributed by atoms with Gasteiger partial charge in [-0.05, 0) is 19.4 Å². The molecule has 5 nitrogen and oxygen atoms in total. The number of carboxylic acids is 1. The second kappa shape index (κ2) is 6.83. The fourth-order valence-electron chi connectivity index (χ4n) is 1.41. The van der Waals surface area contributed by atoms with E-state index in [2.05, 4.69) is 16.9 Å². The smallest absolute Gasteiger partial charge is 0.354 e. The average Bonchev–Trinajstić information content (AvgIpc) is 2.28. The SMILES string of the molecule is CCCCCCOc1nc(C)cc(C(=O)O)n1. The summed E-state index contributed by atoms with van der Waals surface area (Å²) in [6, 6.07) is 1.57. The first kappa shape index (κ1) is 13.4. The zero-order chi connectivity index (χ0) is 12.7. The van der Waals surface area contributed by atoms with Gasteiger partial charge in [-0.3, -0.25) is 0 Å². The predicted octanol–water partition coefficient (Wildman–Crippen LogP) is 2.44. The Morgan fingerprint density at radius 2 is 2.12 bits per heavy atom. The second-order valence-electron chi connectivity index (χ2n) is 3.89. The second-order valence-corrected chi connectivity index (χ2v) is 3.89. The number of carbonyl (C=O) groups is 1. The summed E-state index contributed by atoms with van der Waals surface area (Å²) >= 11 is 0. The van der Waals surface area contributed by atoms with Crippen LogP contribution in [0.25, 0.3) is 0 Å². The van der Waals surface area contributed by atoms with E-state index < -0.39 is 5.97 Å². The van der Waals surface area contributed by atoms with Gasteiger partial charge in [0.15, 0.2) is 5.69 Å². The topological polar surface area (TPSA) is 72.3 Å². The van der Waals surface area contributed by atoms with Crippen LogP contribution < -0.4 is 4.74 Å². The summed E-state index contributed by atoms with van der Waals surface area (Å²) in [6.07, 6.45) is 4.39. The lowest BCUT2D eigenvalue weighted by Gasteiger charge is -2.05. The number of hydrogen-bond acceptors (Lipinski definition) is 4. The van der Waals surface area contributed by atoms with Crippen LogP contribution in [-0.4, -0.2) is 27.7 Å². The number of aromatic carboxylic acids is 1. The Labute approximate surface area is 101 Å². The first-order valence-electron chi connectivity index (χ1n) is 5.85. The third-order valence-electron chi connectivity index (χ3n) is 2.28. The van der Waals surface area contributed by atoms with Crippen molar-refractivity contribution in [3.05, 3.63) is 17.5 Å². The van der Waals surface area contributed by atoms with Gasteiger partial charge in [0, 0.05) is 5.69 Å². The fraction of sp³-hybridized carbons (Fsp3) is 0.583. The lowest BCUT2D eigenvalue weighted by Crippen LogP contribution is -2.07. The largest absolute Gasteiger partial charge is 0.477 e. The number of unbranched alkanes of at least 4 members (excludes halogenated alkanes) is 3. The number of aryl methyl sites for hydroxylation is 1. The average molecular weight is 238 g/mol. The van der Waals surface area contributed by atoms with Gasteiger partial charge in [-0.1, -0.05) is 26.2 Å². The van der Waals surface area contributed by atoms with Crippen LogP contribution in [-0.2, 0) is 0 Å². The molecule has 94 valence electrons. The number of nitrogens with zero attached hydrogens (tertiary/aromatic N) is 2. The number of rotatable bonds is 7. The Bertz CT molecular complexity index is 380. The van der Waals surface area contributed by atoms with E-state index in [1.54, 1.807) is 6.92 Å². The summed E-state index contributed by atoms with van der Waals surface area (Å²) in [7, 11) is 0. The fourth-order valence-corrected chi connectivity index (χ4v) is 1.41. The molecule has 1 rings (SSSR count). The summed E-state index contributed by atoms with van der Waals surface area (Å²) in [5.74, 6) is -1.06. The van der Waals surface area contributed by atoms with Crippen LogP contribution in [0.4, 0.5) is 0 Å². The number of ether oxygens (including phenoxy) is 1. The van der Waals surface area contributed by atoms with Crippen molar-refractivity contribution in [3.8, 4) is 6.01 Å². The molecular weight excluding hydrogens is 220 g/mol. The Morgan fingerprint density at radius 1 is 1.35 bits per heavy atom. The Hall–Kier alpha value is -1.65. The number of hydrogen-bond donors (Lipinski definition) is 1. The highest BCUT2D eigenvalue weighted by atomic mass is 16.5. The third-order valence-corrected chi connectivity index (χ3v) is 2.28. The highest BCUT2D eigenvalue weighted by Gasteiger charge is 2.09. The minimum atomic E-state index is -1.06. The van der Waals surface area contributed by atoms with E-state index >= 15 is 0 Å². The van der Waals surface area contributed by atoms with Crippen molar-refractivity contribution in [2.45, 2.75) is 39.5 Å². The molecule has 0 saturated heterocycles. The maximum atomic E-state index is 10.8. The molecule has 5 heteroatoms. The molecule has 0 bridgehead atoms. The molecule has 0 radical (unpaired) electrons. The van der Waals surface area contributed by atoms with Gasteiger partial charge in [-0.25, -0.2) is 9.78 Å². The van der Waals surface area contributed by atoms with Crippen LogP contribution in [0.3, 0.4) is 0 Å². The van der Waals surface area contributed by atoms with Crippen LogP contribution in [0, 0.1) is 6.92 Å². The summed E-state index contributed by atoms with van der Waals surface area (Å²) in [6.45, 7) is 4.39. The third kappa shape index (κ3) is 4.80. The summed E-state index contributed by atoms with van der Waals surface area (Å²) in [5.41, 5.74) is 0.571. The quantitative estimate of drug-likeness (QED) is 0.738. The van der Waals surface area contributed by atoms with Crippen molar-refractivity contribution in [1.29, 1.82) is 0 Å². The first-order chi connectivity index (χ1) is 8.13. The molecule has 1 aromatic heterocycles. The maximum Gasteiger partial charge on any atom is 0.354 e. The van der Waals surface area contributed by atoms with Crippen LogP contribution in [0.1, 0.15) is 48.8 Å². The van der Waals surface area contributed by atoms with Gasteiger partial charge >= 0.3 is 12.0 Å². The van der Waals surface area contributed by atoms with Crippen molar-refractivity contribution in [1.82, 2.24) is 9.97 Å². The highest BCUT2D eigenvalue weighted by Crippen LogP contribution is 2.08. The van der Waals surface area contributed by atoms with Gasteiger partial charge in [0.25, 0.3) is 0 Å². The zero-order valence-electron chi connectivity index (χ0n) is 10.3. The highest BCUT2D eigenvalue weighted by molar-refractivity contribution is 5.85. The van der Waals surface area contributed by atoms with E-state index in [0.29, 0.717) is 12.3 Å². The molecule has 1 heterocycles. The summed E-state index contributed by atoms with van der Waals surface area (Å²) in [4.78, 5) is 18.6. The Kier molecular flexibility index (Phi) is 5.39. The monoisotopic (exact) mass is 238 g/mol. The molecule has 0 amide bonds. The first-order valence-corrected chi connectivity index (χ1v) is 5.85. The van der Waals surface area contributed by atoms with E-state index in [4.69, 9.17) is 9.84 Å². The minimum absolute atomic E-state index is 0.0268. The van der Waals surface area contributed by atoms with E-state index in [-0.39, 0.29) is 11.7 Å². The molecule has 0 unspecified atom stereocenters. The van der Waals surface area contributed by atoms with Crippen LogP contribution in [0.2, 0.25) is 0 Å². The van der Waals surface area contributed by atoms with Crippen molar-refractivity contribution in [2.75, 3.05) is 6.61 Å². The number of carboxylic acid groups (broad SMARTS) is 1. The molecule has 0 aromatic carbocycles. The summed E-state index contributed by atoms with van der Waals surface area (Å²) in [5, 5.41) is 8.83. The Balaban J connectivity index is 2.50. The van der Waals surface area contributed by atoms with Crippen molar-refractivity contribution in [3.63, 3.8) is 0 Å². The van der Waals surface area contributed by atoms with Gasteiger partial charge < -0.3 is 9.84 Å². The van der Waals surface area contributed by atoms with Gasteiger partial charge in [0.05, 0.1) is 6.61 Å². The van der Waals surface area contributed by atoms with E-state index in [1.165, 1.54) is 18.9 Å². The van der Waals surface area contributed by atoms with Gasteiger partial charge in [-0.15, -0.1) is 0 Å². The lowest BCUT2D eigenvalue weighted by atomic mass is 10.2. The Morgan fingerprint density at radius 3 is 2.76 bits per heavy atom. The molecule has 0 aliphatic carbocycles. The van der Waals surface area contributed by atoms with Crippen molar-refractivity contribution < 1.29 is 14.6 Å². The molecule has 1 N–H and O–H groups in total. The lowest BCUT2D eigenvalue weighted by molar-refractivity contribution is 0.0688.